The van der Waals surface area contributed by atoms with Crippen molar-refractivity contribution in [2.24, 2.45) is 5.92 Å². The number of carbonyl (C=O) groups excluding carboxylic acids is 1. The van der Waals surface area contributed by atoms with E-state index >= 15 is 0 Å². The van der Waals surface area contributed by atoms with Crippen LogP contribution in [-0.2, 0) is 4.79 Å². The number of hydrogen-bond donors (Lipinski definition) is 1. The lowest BCUT2D eigenvalue weighted by atomic mass is 10.1. The molecule has 0 aliphatic carbocycles. The first-order chi connectivity index (χ1) is 10.3. The number of nitrogens with zero attached hydrogens (tertiary/aromatic N) is 1. The van der Waals surface area contributed by atoms with Gasteiger partial charge in [0.1, 0.15) is 11.3 Å². The molecule has 0 aliphatic heterocycles. The molecule has 0 atom stereocenters. The van der Waals surface area contributed by atoms with E-state index in [2.05, 4.69) is 24.1 Å². The van der Waals surface area contributed by atoms with Crippen LogP contribution in [0.5, 0.6) is 5.75 Å². The monoisotopic (exact) mass is 360 g/mol. The van der Waals surface area contributed by atoms with Crippen LogP contribution >= 0.6 is 34.8 Å². The van der Waals surface area contributed by atoms with Crippen LogP contribution in [0.2, 0.25) is 0 Å². The zero-order chi connectivity index (χ0) is 16.3. The van der Waals surface area contributed by atoms with Gasteiger partial charge in [-0.2, -0.15) is 0 Å². The highest BCUT2D eigenvalue weighted by atomic mass is 35.6. The molecule has 118 valence electrons. The number of hydrogen-bond acceptors (Lipinski definition) is 3. The number of ether oxygens (including phenoxy) is 1. The van der Waals surface area contributed by atoms with Crippen molar-refractivity contribution >= 4 is 57.3 Å². The van der Waals surface area contributed by atoms with E-state index in [4.69, 9.17) is 39.5 Å². The summed E-state index contributed by atoms with van der Waals surface area (Å²) in [4.78, 5) is 16.1. The molecule has 1 heterocycles. The molecule has 1 N–H and O–H groups in total. The molecule has 0 saturated heterocycles. The molecule has 0 bridgehead atoms. The van der Waals surface area contributed by atoms with Gasteiger partial charge in [-0.15, -0.1) is 0 Å². The van der Waals surface area contributed by atoms with Gasteiger partial charge in [0.05, 0.1) is 12.3 Å². The summed E-state index contributed by atoms with van der Waals surface area (Å²) in [6.07, 6.45) is 1.66. The topological polar surface area (TPSA) is 51.2 Å². The first-order valence-corrected chi connectivity index (χ1v) is 7.81. The maximum absolute atomic E-state index is 11.8. The number of anilines is 1. The van der Waals surface area contributed by atoms with Gasteiger partial charge in [0.25, 0.3) is 9.70 Å². The van der Waals surface area contributed by atoms with Crippen LogP contribution in [0.15, 0.2) is 30.5 Å². The number of carbonyl (C=O) groups is 1. The molecule has 4 nitrogen and oxygen atoms in total. The highest BCUT2D eigenvalue weighted by Gasteiger charge is 2.31. The van der Waals surface area contributed by atoms with Gasteiger partial charge in [-0.25, -0.2) is 0 Å². The first kappa shape index (κ1) is 17.1. The quantitative estimate of drug-likeness (QED) is 0.811. The van der Waals surface area contributed by atoms with Gasteiger partial charge >= 0.3 is 0 Å². The lowest BCUT2D eigenvalue weighted by molar-refractivity contribution is -0.115. The summed E-state index contributed by atoms with van der Waals surface area (Å²) in [5, 5.41) is 3.30. The number of halogens is 3. The van der Waals surface area contributed by atoms with Gasteiger partial charge in [0, 0.05) is 11.6 Å². The molecule has 1 aromatic carbocycles. The van der Waals surface area contributed by atoms with Crippen molar-refractivity contribution in [2.45, 2.75) is 17.6 Å². The zero-order valence-electron chi connectivity index (χ0n) is 12.1. The lowest BCUT2D eigenvalue weighted by Crippen LogP contribution is -2.27. The largest absolute Gasteiger partial charge is 0.491 e. The number of benzene rings is 1. The minimum atomic E-state index is -2.03. The molecule has 2 aromatic rings. The Morgan fingerprint density at radius 3 is 2.68 bits per heavy atom. The highest BCUT2D eigenvalue weighted by Crippen LogP contribution is 2.33. The van der Waals surface area contributed by atoms with Crippen molar-refractivity contribution in [1.82, 2.24) is 4.98 Å². The molecule has 0 spiro atoms. The van der Waals surface area contributed by atoms with Crippen molar-refractivity contribution in [3.63, 3.8) is 0 Å². The van der Waals surface area contributed by atoms with Crippen LogP contribution in [0, 0.1) is 5.92 Å². The van der Waals surface area contributed by atoms with Crippen molar-refractivity contribution in [3.8, 4) is 5.75 Å². The normalized spacial score (nSPS) is 11.7. The van der Waals surface area contributed by atoms with Gasteiger partial charge in [-0.3, -0.25) is 9.78 Å². The summed E-state index contributed by atoms with van der Waals surface area (Å²) < 4.78 is 3.73. The van der Waals surface area contributed by atoms with Crippen molar-refractivity contribution < 1.29 is 9.53 Å². The SMILES string of the molecule is CC(C)COc1ccc(NC(=O)C(Cl)(Cl)Cl)c2cccnc12. The number of amides is 1. The summed E-state index contributed by atoms with van der Waals surface area (Å²) in [6, 6.07) is 7.03. The maximum Gasteiger partial charge on any atom is 0.276 e. The number of aromatic nitrogens is 1. The van der Waals surface area contributed by atoms with Crippen LogP contribution in [-0.4, -0.2) is 21.3 Å². The molecule has 1 aromatic heterocycles. The van der Waals surface area contributed by atoms with Crippen LogP contribution in [0.4, 0.5) is 5.69 Å². The van der Waals surface area contributed by atoms with Crippen molar-refractivity contribution in [2.75, 3.05) is 11.9 Å². The Balaban J connectivity index is 2.38. The van der Waals surface area contributed by atoms with E-state index in [-0.39, 0.29) is 0 Å². The average Bonchev–Trinajstić information content (AvgIpc) is 2.45. The third-order valence-electron chi connectivity index (χ3n) is 2.81. The highest BCUT2D eigenvalue weighted by molar-refractivity contribution is 6.76. The molecule has 7 heteroatoms. The Morgan fingerprint density at radius 1 is 1.32 bits per heavy atom. The van der Waals surface area contributed by atoms with Crippen molar-refractivity contribution in [3.05, 3.63) is 30.5 Å². The zero-order valence-corrected chi connectivity index (χ0v) is 14.3. The molecule has 0 unspecified atom stereocenters. The van der Waals surface area contributed by atoms with Crippen LogP contribution < -0.4 is 10.1 Å². The molecule has 0 radical (unpaired) electrons. The predicted octanol–water partition coefficient (Wildman–Crippen LogP) is 4.58. The molecule has 2 rings (SSSR count). The standard InChI is InChI=1S/C15H15Cl3N2O2/c1-9(2)8-22-12-6-5-11(20-14(21)15(16,17)18)10-4-3-7-19-13(10)12/h3-7,9H,8H2,1-2H3,(H,20,21). The van der Waals surface area contributed by atoms with Gasteiger partial charge in [0.2, 0.25) is 0 Å². The fourth-order valence-corrected chi connectivity index (χ4v) is 1.96. The van der Waals surface area contributed by atoms with Gasteiger partial charge in [-0.1, -0.05) is 48.7 Å². The number of rotatable bonds is 4. The fourth-order valence-electron chi connectivity index (χ4n) is 1.82. The molecule has 22 heavy (non-hydrogen) atoms. The second-order valence-electron chi connectivity index (χ2n) is 5.17. The number of alkyl halides is 3. The second-order valence-corrected chi connectivity index (χ2v) is 7.45. The van der Waals surface area contributed by atoms with Crippen LogP contribution in [0.1, 0.15) is 13.8 Å². The Kier molecular flexibility index (Phi) is 5.37. The van der Waals surface area contributed by atoms with Crippen LogP contribution in [0.3, 0.4) is 0 Å². The third kappa shape index (κ3) is 4.15. The molecule has 0 aliphatic rings. The summed E-state index contributed by atoms with van der Waals surface area (Å²) in [5.74, 6) is 0.317. The number of pyridine rings is 1. The first-order valence-electron chi connectivity index (χ1n) is 6.67. The minimum absolute atomic E-state index is 0.391. The summed E-state index contributed by atoms with van der Waals surface area (Å²) >= 11 is 16.7. The van der Waals surface area contributed by atoms with E-state index < -0.39 is 9.70 Å². The third-order valence-corrected chi connectivity index (χ3v) is 3.33. The Hall–Kier alpha value is -1.23. The fraction of sp³-hybridized carbons (Fsp3) is 0.333. The Bertz CT molecular complexity index is 684. The van der Waals surface area contributed by atoms with Gasteiger partial charge in [0.15, 0.2) is 0 Å². The van der Waals surface area contributed by atoms with E-state index in [1.165, 1.54) is 0 Å². The summed E-state index contributed by atoms with van der Waals surface area (Å²) in [7, 11) is 0. The Morgan fingerprint density at radius 2 is 2.05 bits per heavy atom. The minimum Gasteiger partial charge on any atom is -0.491 e. The van der Waals surface area contributed by atoms with Gasteiger partial charge < -0.3 is 10.1 Å². The summed E-state index contributed by atoms with van der Waals surface area (Å²) in [5.41, 5.74) is 1.15. The van der Waals surface area contributed by atoms with Crippen molar-refractivity contribution in [1.29, 1.82) is 0 Å². The second kappa shape index (κ2) is 6.90. The molecular formula is C15H15Cl3N2O2. The van der Waals surface area contributed by atoms with E-state index in [1.54, 1.807) is 24.4 Å². The smallest absolute Gasteiger partial charge is 0.276 e. The van der Waals surface area contributed by atoms with E-state index in [9.17, 15) is 4.79 Å². The molecule has 0 fully saturated rings. The van der Waals surface area contributed by atoms with Crippen LogP contribution in [0.25, 0.3) is 10.9 Å². The number of fused-ring (bicyclic) bond motifs is 1. The Labute approximate surface area is 143 Å². The molecule has 0 saturated carbocycles. The average molecular weight is 362 g/mol. The summed E-state index contributed by atoms with van der Waals surface area (Å²) in [6.45, 7) is 4.70. The van der Waals surface area contributed by atoms with E-state index in [1.807, 2.05) is 6.07 Å². The maximum atomic E-state index is 11.8. The molecular weight excluding hydrogens is 347 g/mol. The van der Waals surface area contributed by atoms with Gasteiger partial charge in [-0.05, 0) is 30.2 Å². The predicted molar refractivity (Wildman–Crippen MR) is 91.0 cm³/mol. The van der Waals surface area contributed by atoms with E-state index in [0.717, 1.165) is 0 Å². The lowest BCUT2D eigenvalue weighted by Gasteiger charge is -2.15. The van der Waals surface area contributed by atoms with E-state index in [0.29, 0.717) is 34.9 Å². The molecule has 1 amide bonds. The number of nitrogens with one attached hydrogen (secondary N) is 1.